The number of benzene rings is 1. The number of ether oxygens (including phenoxy) is 1. The highest BCUT2D eigenvalue weighted by Crippen LogP contribution is 2.19. The number of hydrogen-bond donors (Lipinski definition) is 0. The van der Waals surface area contributed by atoms with Crippen LogP contribution in [0.3, 0.4) is 0 Å². The molecule has 0 aliphatic carbocycles. The topological polar surface area (TPSA) is 78.1 Å². The molecule has 3 rings (SSSR count). The Morgan fingerprint density at radius 3 is 2.39 bits per heavy atom. The first-order chi connectivity index (χ1) is 13.3. The van der Waals surface area contributed by atoms with Crippen LogP contribution in [0.15, 0.2) is 24.3 Å². The molecular weight excluding hydrogens is 356 g/mol. The zero-order chi connectivity index (χ0) is 20.4. The number of aryl methyl sites for hydroxylation is 2. The third kappa shape index (κ3) is 3.62. The highest BCUT2D eigenvalue weighted by molar-refractivity contribution is 5.93. The lowest BCUT2D eigenvalue weighted by Crippen LogP contribution is -2.27. The smallest absolute Gasteiger partial charge is 0.276 e. The van der Waals surface area contributed by atoms with Crippen molar-refractivity contribution in [2.45, 2.75) is 34.2 Å². The first kappa shape index (κ1) is 19.6. The van der Waals surface area contributed by atoms with E-state index < -0.39 is 0 Å². The van der Waals surface area contributed by atoms with Crippen LogP contribution in [0.1, 0.15) is 40.1 Å². The Labute approximate surface area is 164 Å². The van der Waals surface area contributed by atoms with Gasteiger partial charge >= 0.3 is 0 Å². The minimum Gasteiger partial charge on any atom is -0.494 e. The van der Waals surface area contributed by atoms with E-state index in [1.54, 1.807) is 16.6 Å². The average Bonchev–Trinajstić information content (AvgIpc) is 3.16. The molecule has 0 atom stereocenters. The fourth-order valence-electron chi connectivity index (χ4n) is 3.16. The van der Waals surface area contributed by atoms with E-state index in [-0.39, 0.29) is 5.91 Å². The fraction of sp³-hybridized carbons (Fsp3) is 0.400. The average molecular weight is 382 g/mol. The third-order valence-corrected chi connectivity index (χ3v) is 4.89. The molecule has 0 aliphatic heterocycles. The quantitative estimate of drug-likeness (QED) is 0.655. The van der Waals surface area contributed by atoms with Crippen molar-refractivity contribution in [3.05, 3.63) is 52.6 Å². The molecule has 0 fully saturated rings. The maximum atomic E-state index is 12.9. The van der Waals surface area contributed by atoms with Gasteiger partial charge in [-0.3, -0.25) is 9.48 Å². The van der Waals surface area contributed by atoms with Gasteiger partial charge < -0.3 is 9.64 Å². The zero-order valence-electron chi connectivity index (χ0n) is 17.2. The van der Waals surface area contributed by atoms with E-state index in [0.29, 0.717) is 24.5 Å². The molecule has 8 nitrogen and oxygen atoms in total. The second-order valence-electron chi connectivity index (χ2n) is 6.80. The first-order valence-corrected chi connectivity index (χ1v) is 9.23. The number of carbonyl (C=O) groups is 1. The molecule has 0 saturated carbocycles. The molecule has 8 heteroatoms. The standard InChI is InChI=1S/C20H26N6O2/c1-7-28-17-10-8-16(9-11-17)26-15(4)19(21-23-26)20(27)24(5)12-18-13(2)22-25(6)14(18)3/h8-11H,7,12H2,1-6H3. The van der Waals surface area contributed by atoms with Gasteiger partial charge in [-0.25, -0.2) is 4.68 Å². The molecule has 28 heavy (non-hydrogen) atoms. The maximum absolute atomic E-state index is 12.9. The Kier molecular flexibility index (Phi) is 5.48. The molecule has 0 N–H and O–H groups in total. The van der Waals surface area contributed by atoms with Crippen LogP contribution >= 0.6 is 0 Å². The van der Waals surface area contributed by atoms with Crippen LogP contribution in [0.2, 0.25) is 0 Å². The Morgan fingerprint density at radius 2 is 1.82 bits per heavy atom. The van der Waals surface area contributed by atoms with E-state index >= 15 is 0 Å². The molecule has 148 valence electrons. The van der Waals surface area contributed by atoms with Crippen molar-refractivity contribution in [1.29, 1.82) is 0 Å². The van der Waals surface area contributed by atoms with Crippen molar-refractivity contribution in [3.63, 3.8) is 0 Å². The van der Waals surface area contributed by atoms with Gasteiger partial charge in [0, 0.05) is 31.9 Å². The van der Waals surface area contributed by atoms with Gasteiger partial charge in [0.2, 0.25) is 0 Å². The Bertz CT molecular complexity index is 987. The van der Waals surface area contributed by atoms with E-state index in [1.807, 2.05) is 63.7 Å². The van der Waals surface area contributed by atoms with Crippen LogP contribution < -0.4 is 4.74 Å². The fourth-order valence-corrected chi connectivity index (χ4v) is 3.16. The van der Waals surface area contributed by atoms with Gasteiger partial charge in [0.15, 0.2) is 5.69 Å². The van der Waals surface area contributed by atoms with E-state index in [1.165, 1.54) is 0 Å². The summed E-state index contributed by atoms with van der Waals surface area (Å²) in [7, 11) is 3.67. The molecule has 0 unspecified atom stereocenters. The van der Waals surface area contributed by atoms with Crippen LogP contribution in [-0.2, 0) is 13.6 Å². The number of hydrogen-bond acceptors (Lipinski definition) is 5. The van der Waals surface area contributed by atoms with E-state index in [0.717, 1.165) is 28.4 Å². The van der Waals surface area contributed by atoms with Crippen LogP contribution in [0.4, 0.5) is 0 Å². The maximum Gasteiger partial charge on any atom is 0.276 e. The molecule has 0 bridgehead atoms. The summed E-state index contributed by atoms with van der Waals surface area (Å²) in [6.45, 7) is 8.83. The minimum absolute atomic E-state index is 0.169. The summed E-state index contributed by atoms with van der Waals surface area (Å²) in [6.07, 6.45) is 0. The van der Waals surface area contributed by atoms with E-state index in [4.69, 9.17) is 4.74 Å². The lowest BCUT2D eigenvalue weighted by Gasteiger charge is -2.16. The molecule has 3 aromatic rings. The summed E-state index contributed by atoms with van der Waals surface area (Å²) in [5.41, 5.74) is 4.89. The number of rotatable bonds is 6. The van der Waals surface area contributed by atoms with E-state index in [2.05, 4.69) is 15.4 Å². The van der Waals surface area contributed by atoms with Crippen LogP contribution in [-0.4, -0.2) is 49.2 Å². The van der Waals surface area contributed by atoms with Gasteiger partial charge in [-0.15, -0.1) is 5.10 Å². The highest BCUT2D eigenvalue weighted by atomic mass is 16.5. The number of amides is 1. The Hall–Kier alpha value is -3.16. The summed E-state index contributed by atoms with van der Waals surface area (Å²) in [5, 5.41) is 12.7. The number of nitrogens with zero attached hydrogens (tertiary/aromatic N) is 6. The summed E-state index contributed by atoms with van der Waals surface area (Å²) in [6, 6.07) is 7.54. The number of carbonyl (C=O) groups excluding carboxylic acids is 1. The van der Waals surface area contributed by atoms with Crippen LogP contribution in [0.25, 0.3) is 5.69 Å². The SMILES string of the molecule is CCOc1ccc(-n2nnc(C(=O)N(C)Cc3c(C)nn(C)c3C)c2C)cc1. The van der Waals surface area contributed by atoms with Gasteiger partial charge in [-0.1, -0.05) is 5.21 Å². The van der Waals surface area contributed by atoms with Gasteiger partial charge in [0.25, 0.3) is 5.91 Å². The van der Waals surface area contributed by atoms with Crippen molar-refractivity contribution in [2.75, 3.05) is 13.7 Å². The lowest BCUT2D eigenvalue weighted by atomic mass is 10.2. The molecule has 1 amide bonds. The molecular formula is C20H26N6O2. The van der Waals surface area contributed by atoms with Crippen molar-refractivity contribution >= 4 is 5.91 Å². The summed E-state index contributed by atoms with van der Waals surface area (Å²) >= 11 is 0. The molecule has 0 radical (unpaired) electrons. The Balaban J connectivity index is 1.81. The highest BCUT2D eigenvalue weighted by Gasteiger charge is 2.22. The van der Waals surface area contributed by atoms with Crippen molar-refractivity contribution in [2.24, 2.45) is 7.05 Å². The molecule has 1 aromatic carbocycles. The van der Waals surface area contributed by atoms with Gasteiger partial charge in [-0.05, 0) is 52.0 Å². The third-order valence-electron chi connectivity index (χ3n) is 4.89. The first-order valence-electron chi connectivity index (χ1n) is 9.23. The Morgan fingerprint density at radius 1 is 1.14 bits per heavy atom. The summed E-state index contributed by atoms with van der Waals surface area (Å²) < 4.78 is 8.96. The molecule has 2 heterocycles. The minimum atomic E-state index is -0.169. The molecule has 0 saturated heterocycles. The summed E-state index contributed by atoms with van der Waals surface area (Å²) in [5.74, 6) is 0.625. The predicted octanol–water partition coefficient (Wildman–Crippen LogP) is 2.60. The second-order valence-corrected chi connectivity index (χ2v) is 6.80. The predicted molar refractivity (Wildman–Crippen MR) is 106 cm³/mol. The van der Waals surface area contributed by atoms with Gasteiger partial charge in [0.1, 0.15) is 5.75 Å². The normalized spacial score (nSPS) is 10.9. The van der Waals surface area contributed by atoms with Crippen molar-refractivity contribution in [3.8, 4) is 11.4 Å². The molecule has 2 aromatic heterocycles. The van der Waals surface area contributed by atoms with Crippen molar-refractivity contribution in [1.82, 2.24) is 29.7 Å². The van der Waals surface area contributed by atoms with Crippen LogP contribution in [0.5, 0.6) is 5.75 Å². The van der Waals surface area contributed by atoms with Crippen molar-refractivity contribution < 1.29 is 9.53 Å². The summed E-state index contributed by atoms with van der Waals surface area (Å²) in [4.78, 5) is 14.6. The zero-order valence-corrected chi connectivity index (χ0v) is 17.2. The molecule has 0 aliphatic rings. The van der Waals surface area contributed by atoms with Gasteiger partial charge in [-0.2, -0.15) is 5.10 Å². The lowest BCUT2D eigenvalue weighted by molar-refractivity contribution is 0.0778. The second kappa shape index (κ2) is 7.84. The largest absolute Gasteiger partial charge is 0.494 e. The van der Waals surface area contributed by atoms with Crippen LogP contribution in [0, 0.1) is 20.8 Å². The number of aromatic nitrogens is 5. The van der Waals surface area contributed by atoms with E-state index in [9.17, 15) is 4.79 Å². The van der Waals surface area contributed by atoms with Gasteiger partial charge in [0.05, 0.1) is 23.7 Å². The molecule has 0 spiro atoms. The monoisotopic (exact) mass is 382 g/mol.